The Morgan fingerprint density at radius 1 is 1.67 bits per heavy atom. The minimum Gasteiger partial charge on any atom is -0.296 e. The summed E-state index contributed by atoms with van der Waals surface area (Å²) in [5, 5.41) is 0. The summed E-state index contributed by atoms with van der Waals surface area (Å²) in [5.41, 5.74) is 0.514. The molecule has 0 rings (SSSR count). The summed E-state index contributed by atoms with van der Waals surface area (Å²) in [4.78, 5) is 14.0. The van der Waals surface area contributed by atoms with Crippen molar-refractivity contribution in [2.45, 2.75) is 13.8 Å². The smallest absolute Gasteiger partial charge is 0.167 e. The maximum absolute atomic E-state index is 10.1. The zero-order chi connectivity index (χ0) is 7.11. The van der Waals surface area contributed by atoms with Gasteiger partial charge in [-0.15, -0.1) is 0 Å². The summed E-state index contributed by atoms with van der Waals surface area (Å²) in [5.74, 6) is 0. The second kappa shape index (κ2) is 5.22. The molecular formula is C7H11NO. The number of nitrogens with zero attached hydrogens (tertiary/aromatic N) is 1. The highest BCUT2D eigenvalue weighted by Crippen LogP contribution is 1.77. The molecule has 0 atom stereocenters. The van der Waals surface area contributed by atoms with Gasteiger partial charge in [0.05, 0.1) is 5.71 Å². The standard InChI is InChI=1S/C7H11NO/c1-3-5-7(6-9)8-4-2/h3,5-6H,4H2,1-2H3/b5-3-,8-7?. The number of hydrogen-bond acceptors (Lipinski definition) is 2. The van der Waals surface area contributed by atoms with Crippen LogP contribution < -0.4 is 0 Å². The van der Waals surface area contributed by atoms with Crippen LogP contribution in [-0.4, -0.2) is 18.5 Å². The van der Waals surface area contributed by atoms with Crippen LogP contribution in [0, 0.1) is 0 Å². The van der Waals surface area contributed by atoms with Crippen molar-refractivity contribution in [2.24, 2.45) is 4.99 Å². The highest BCUT2D eigenvalue weighted by Gasteiger charge is 1.84. The maximum Gasteiger partial charge on any atom is 0.167 e. The number of hydrogen-bond donors (Lipinski definition) is 0. The zero-order valence-corrected chi connectivity index (χ0v) is 5.79. The lowest BCUT2D eigenvalue weighted by Gasteiger charge is -1.84. The maximum atomic E-state index is 10.1. The first kappa shape index (κ1) is 8.08. The fraction of sp³-hybridized carbons (Fsp3) is 0.429. The monoisotopic (exact) mass is 125 g/mol. The number of allylic oxidation sites excluding steroid dienone is 2. The number of carbonyl (C=O) groups is 1. The van der Waals surface area contributed by atoms with Crippen molar-refractivity contribution in [3.8, 4) is 0 Å². The van der Waals surface area contributed by atoms with Gasteiger partial charge >= 0.3 is 0 Å². The fourth-order valence-corrected chi connectivity index (χ4v) is 0.483. The molecule has 0 unspecified atom stereocenters. The third kappa shape index (κ3) is 3.64. The predicted molar refractivity (Wildman–Crippen MR) is 38.9 cm³/mol. The van der Waals surface area contributed by atoms with Gasteiger partial charge in [0.25, 0.3) is 0 Å². The van der Waals surface area contributed by atoms with E-state index in [4.69, 9.17) is 0 Å². The lowest BCUT2D eigenvalue weighted by molar-refractivity contribution is -0.102. The molecule has 0 saturated carbocycles. The van der Waals surface area contributed by atoms with E-state index in [1.54, 1.807) is 12.2 Å². The Balaban J connectivity index is 3.97. The van der Waals surface area contributed by atoms with Crippen molar-refractivity contribution in [1.82, 2.24) is 0 Å². The molecule has 0 aliphatic rings. The van der Waals surface area contributed by atoms with E-state index in [9.17, 15) is 4.79 Å². The third-order valence-corrected chi connectivity index (χ3v) is 0.799. The van der Waals surface area contributed by atoms with E-state index in [0.717, 1.165) is 6.29 Å². The van der Waals surface area contributed by atoms with Gasteiger partial charge in [0.2, 0.25) is 0 Å². The van der Waals surface area contributed by atoms with E-state index in [2.05, 4.69) is 4.99 Å². The quantitative estimate of drug-likeness (QED) is 0.412. The van der Waals surface area contributed by atoms with Gasteiger partial charge in [0.15, 0.2) is 6.29 Å². The average molecular weight is 125 g/mol. The van der Waals surface area contributed by atoms with Gasteiger partial charge in [-0.2, -0.15) is 0 Å². The van der Waals surface area contributed by atoms with Crippen LogP contribution in [0.5, 0.6) is 0 Å². The Bertz CT molecular complexity index is 136. The summed E-state index contributed by atoms with van der Waals surface area (Å²) in [6.45, 7) is 4.42. The van der Waals surface area contributed by atoms with Crippen LogP contribution in [0.15, 0.2) is 17.1 Å². The summed E-state index contributed by atoms with van der Waals surface area (Å²) in [6, 6.07) is 0. The summed E-state index contributed by atoms with van der Waals surface area (Å²) < 4.78 is 0. The molecule has 0 aliphatic carbocycles. The van der Waals surface area contributed by atoms with Gasteiger partial charge in [-0.05, 0) is 19.9 Å². The van der Waals surface area contributed by atoms with Crippen molar-refractivity contribution in [3.05, 3.63) is 12.2 Å². The van der Waals surface area contributed by atoms with Gasteiger partial charge in [0, 0.05) is 6.54 Å². The second-order valence-corrected chi connectivity index (χ2v) is 1.52. The van der Waals surface area contributed by atoms with E-state index in [1.165, 1.54) is 0 Å². The molecular weight excluding hydrogens is 114 g/mol. The molecule has 0 aromatic rings. The van der Waals surface area contributed by atoms with Crippen LogP contribution >= 0.6 is 0 Å². The van der Waals surface area contributed by atoms with Crippen LogP contribution in [0.4, 0.5) is 0 Å². The van der Waals surface area contributed by atoms with Gasteiger partial charge in [-0.25, -0.2) is 0 Å². The first-order chi connectivity index (χ1) is 4.35. The molecule has 2 heteroatoms. The van der Waals surface area contributed by atoms with Crippen LogP contribution in [0.3, 0.4) is 0 Å². The predicted octanol–water partition coefficient (Wildman–Crippen LogP) is 1.22. The molecule has 2 nitrogen and oxygen atoms in total. The number of rotatable bonds is 3. The Labute approximate surface area is 55.3 Å². The Hall–Kier alpha value is -0.920. The van der Waals surface area contributed by atoms with Gasteiger partial charge in [-0.1, -0.05) is 6.08 Å². The van der Waals surface area contributed by atoms with Crippen molar-refractivity contribution in [1.29, 1.82) is 0 Å². The lowest BCUT2D eigenvalue weighted by atomic mass is 10.4. The number of aliphatic imine (C=N–C) groups is 1. The Morgan fingerprint density at radius 2 is 2.33 bits per heavy atom. The number of aldehydes is 1. The molecule has 0 bridgehead atoms. The molecule has 0 aliphatic heterocycles. The van der Waals surface area contributed by atoms with Crippen molar-refractivity contribution >= 4 is 12.0 Å². The van der Waals surface area contributed by atoms with E-state index in [-0.39, 0.29) is 0 Å². The molecule has 0 radical (unpaired) electrons. The molecule has 9 heavy (non-hydrogen) atoms. The van der Waals surface area contributed by atoms with E-state index < -0.39 is 0 Å². The highest BCUT2D eigenvalue weighted by molar-refractivity contribution is 6.33. The van der Waals surface area contributed by atoms with Crippen molar-refractivity contribution in [2.75, 3.05) is 6.54 Å². The normalized spacial score (nSPS) is 12.4. The molecule has 0 amide bonds. The SMILES string of the molecule is C/C=C\C(C=O)=NCC. The fourth-order valence-electron chi connectivity index (χ4n) is 0.483. The molecule has 0 saturated heterocycles. The minimum absolute atomic E-state index is 0.514. The molecule has 50 valence electrons. The minimum atomic E-state index is 0.514. The molecule has 0 heterocycles. The van der Waals surface area contributed by atoms with Crippen LogP contribution in [-0.2, 0) is 4.79 Å². The third-order valence-electron chi connectivity index (χ3n) is 0.799. The van der Waals surface area contributed by atoms with Crippen LogP contribution in [0.25, 0.3) is 0 Å². The Morgan fingerprint density at radius 3 is 2.67 bits per heavy atom. The zero-order valence-electron chi connectivity index (χ0n) is 5.79. The molecule has 0 aromatic carbocycles. The summed E-state index contributed by atoms with van der Waals surface area (Å²) in [6.07, 6.45) is 4.24. The van der Waals surface area contributed by atoms with Crippen molar-refractivity contribution in [3.63, 3.8) is 0 Å². The summed E-state index contributed by atoms with van der Waals surface area (Å²) >= 11 is 0. The first-order valence-corrected chi connectivity index (χ1v) is 2.97. The van der Waals surface area contributed by atoms with Crippen LogP contribution in [0.2, 0.25) is 0 Å². The second-order valence-electron chi connectivity index (χ2n) is 1.52. The molecule has 0 aromatic heterocycles. The van der Waals surface area contributed by atoms with Gasteiger partial charge < -0.3 is 0 Å². The van der Waals surface area contributed by atoms with Crippen LogP contribution in [0.1, 0.15) is 13.8 Å². The molecule has 0 spiro atoms. The van der Waals surface area contributed by atoms with Gasteiger partial charge in [0.1, 0.15) is 0 Å². The molecule has 0 N–H and O–H groups in total. The van der Waals surface area contributed by atoms with Gasteiger partial charge in [-0.3, -0.25) is 9.79 Å². The lowest BCUT2D eigenvalue weighted by Crippen LogP contribution is -1.94. The highest BCUT2D eigenvalue weighted by atomic mass is 16.1. The van der Waals surface area contributed by atoms with Crippen molar-refractivity contribution < 1.29 is 4.79 Å². The van der Waals surface area contributed by atoms with E-state index >= 15 is 0 Å². The number of carbonyl (C=O) groups excluding carboxylic acids is 1. The largest absolute Gasteiger partial charge is 0.296 e. The average Bonchev–Trinajstić information content (AvgIpc) is 1.88. The summed E-state index contributed by atoms with van der Waals surface area (Å²) in [7, 11) is 0. The first-order valence-electron chi connectivity index (χ1n) is 2.97. The van der Waals surface area contributed by atoms with E-state index in [1.807, 2.05) is 13.8 Å². The Kier molecular flexibility index (Phi) is 4.69. The molecule has 0 fully saturated rings. The topological polar surface area (TPSA) is 29.4 Å². The van der Waals surface area contributed by atoms with E-state index in [0.29, 0.717) is 12.3 Å².